The van der Waals surface area contributed by atoms with Gasteiger partial charge in [-0.1, -0.05) is 6.07 Å². The number of aromatic nitrogens is 1. The maximum atomic E-state index is 12.7. The fourth-order valence-corrected chi connectivity index (χ4v) is 4.21. The second kappa shape index (κ2) is 10.2. The van der Waals surface area contributed by atoms with Crippen molar-refractivity contribution < 1.29 is 37.3 Å². The van der Waals surface area contributed by atoms with Crippen molar-refractivity contribution >= 4 is 23.2 Å². The van der Waals surface area contributed by atoms with Gasteiger partial charge in [-0.25, -0.2) is 4.79 Å². The molecule has 2 aromatic heterocycles. The molecule has 11 heteroatoms. The van der Waals surface area contributed by atoms with E-state index in [1.54, 1.807) is 17.5 Å². The minimum absolute atomic E-state index is 0.0296. The maximum absolute atomic E-state index is 12.7. The fraction of sp³-hybridized carbons (Fsp3) is 0.450. The summed E-state index contributed by atoms with van der Waals surface area (Å²) in [5.41, 5.74) is 1.84. The fourth-order valence-electron chi connectivity index (χ4n) is 3.58. The van der Waals surface area contributed by atoms with Gasteiger partial charge in [-0.05, 0) is 35.9 Å². The van der Waals surface area contributed by atoms with Crippen LogP contribution in [0.3, 0.4) is 0 Å². The summed E-state index contributed by atoms with van der Waals surface area (Å²) in [6.07, 6.45) is 0.348. The lowest BCUT2D eigenvalue weighted by molar-refractivity contribution is -0.192. The van der Waals surface area contributed by atoms with Gasteiger partial charge in [0.05, 0.1) is 30.9 Å². The molecule has 1 aliphatic heterocycles. The number of hydrogen-bond donors (Lipinski definition) is 1. The van der Waals surface area contributed by atoms with Crippen molar-refractivity contribution in [1.29, 1.82) is 0 Å². The summed E-state index contributed by atoms with van der Waals surface area (Å²) in [6.45, 7) is 1.76. The quantitative estimate of drug-likeness (QED) is 0.756. The van der Waals surface area contributed by atoms with Gasteiger partial charge in [0.25, 0.3) is 5.91 Å². The Morgan fingerprint density at radius 3 is 2.71 bits per heavy atom. The summed E-state index contributed by atoms with van der Waals surface area (Å²) >= 11 is 1.55. The van der Waals surface area contributed by atoms with Crippen molar-refractivity contribution in [2.75, 3.05) is 13.2 Å². The first-order valence-corrected chi connectivity index (χ1v) is 10.5. The van der Waals surface area contributed by atoms with Gasteiger partial charge in [0.1, 0.15) is 6.10 Å². The Bertz CT molecular complexity index is 863. The second-order valence-electron chi connectivity index (χ2n) is 7.00. The van der Waals surface area contributed by atoms with Gasteiger partial charge in [-0.15, -0.1) is 0 Å². The van der Waals surface area contributed by atoms with Gasteiger partial charge < -0.3 is 19.5 Å². The molecule has 4 rings (SSSR count). The van der Waals surface area contributed by atoms with E-state index in [0.29, 0.717) is 19.8 Å². The molecule has 0 spiro atoms. The average Bonchev–Trinajstić information content (AvgIpc) is 3.42. The van der Waals surface area contributed by atoms with E-state index in [1.165, 1.54) is 0 Å². The van der Waals surface area contributed by atoms with Gasteiger partial charge in [0.2, 0.25) is 0 Å². The van der Waals surface area contributed by atoms with Crippen LogP contribution in [0.15, 0.2) is 41.4 Å². The summed E-state index contributed by atoms with van der Waals surface area (Å²) in [5, 5.41) is 11.0. The molecule has 3 atom stereocenters. The number of alkyl halides is 3. The third kappa shape index (κ3) is 6.02. The number of thiophene rings is 1. The molecule has 1 saturated heterocycles. The largest absolute Gasteiger partial charge is 0.490 e. The second-order valence-corrected chi connectivity index (χ2v) is 7.78. The van der Waals surface area contributed by atoms with Gasteiger partial charge in [0, 0.05) is 24.3 Å². The minimum atomic E-state index is -5.08. The van der Waals surface area contributed by atoms with E-state index < -0.39 is 12.1 Å². The summed E-state index contributed by atoms with van der Waals surface area (Å²) in [6, 6.07) is 5.93. The SMILES string of the molecule is O=C(O)C(F)(F)F.O=C(c1ccsc1)N1CCO[C@H]2[C@@H](OCc3cccnc3)CC[C@@H]21. The molecule has 0 unspecified atom stereocenters. The zero-order valence-corrected chi connectivity index (χ0v) is 17.1. The Kier molecular flexibility index (Phi) is 7.63. The van der Waals surface area contributed by atoms with Crippen LogP contribution < -0.4 is 0 Å². The van der Waals surface area contributed by atoms with Crippen LogP contribution in [-0.4, -0.2) is 64.4 Å². The Morgan fingerprint density at radius 1 is 1.32 bits per heavy atom. The van der Waals surface area contributed by atoms with Gasteiger partial charge in [-0.2, -0.15) is 24.5 Å². The van der Waals surface area contributed by atoms with E-state index in [-0.39, 0.29) is 24.2 Å². The lowest BCUT2D eigenvalue weighted by Crippen LogP contribution is -2.53. The Labute approximate surface area is 180 Å². The van der Waals surface area contributed by atoms with Crippen LogP contribution >= 0.6 is 11.3 Å². The monoisotopic (exact) mass is 458 g/mol. The highest BCUT2D eigenvalue weighted by molar-refractivity contribution is 7.08. The van der Waals surface area contributed by atoms with E-state index in [1.807, 2.05) is 40.1 Å². The van der Waals surface area contributed by atoms with Gasteiger partial charge in [-0.3, -0.25) is 9.78 Å². The van der Waals surface area contributed by atoms with Gasteiger partial charge >= 0.3 is 12.1 Å². The number of pyridine rings is 1. The Balaban J connectivity index is 0.000000339. The van der Waals surface area contributed by atoms with Crippen molar-refractivity contribution in [3.05, 3.63) is 52.5 Å². The van der Waals surface area contributed by atoms with Crippen LogP contribution in [0.5, 0.6) is 0 Å². The van der Waals surface area contributed by atoms with Crippen molar-refractivity contribution in [1.82, 2.24) is 9.88 Å². The molecule has 0 radical (unpaired) electrons. The van der Waals surface area contributed by atoms with Crippen molar-refractivity contribution in [3.63, 3.8) is 0 Å². The predicted octanol–water partition coefficient (Wildman–Crippen LogP) is 3.37. The van der Waals surface area contributed by atoms with Crippen LogP contribution in [0.25, 0.3) is 0 Å². The van der Waals surface area contributed by atoms with Gasteiger partial charge in [0.15, 0.2) is 0 Å². The van der Waals surface area contributed by atoms with E-state index in [0.717, 1.165) is 24.0 Å². The third-order valence-corrected chi connectivity index (χ3v) is 5.68. The number of halogens is 3. The van der Waals surface area contributed by atoms with Crippen LogP contribution in [0.2, 0.25) is 0 Å². The number of nitrogens with zero attached hydrogens (tertiary/aromatic N) is 2. The number of fused-ring (bicyclic) bond motifs is 1. The predicted molar refractivity (Wildman–Crippen MR) is 105 cm³/mol. The minimum Gasteiger partial charge on any atom is -0.475 e. The Hall–Kier alpha value is -2.50. The summed E-state index contributed by atoms with van der Waals surface area (Å²) in [7, 11) is 0. The first-order valence-electron chi connectivity index (χ1n) is 9.52. The standard InChI is InChI=1S/C18H20N2O3S.C2HF3O2/c21-18(14-5-9-24-12-14)20-7-8-22-17-15(20)3-4-16(17)23-11-13-2-1-6-19-10-13;3-2(4,5)1(6)7/h1-2,5-6,9-10,12,15-17H,3-4,7-8,11H2;(H,6,7)/t15-,16-,17+;/m0./s1. The molecule has 2 fully saturated rings. The summed E-state index contributed by atoms with van der Waals surface area (Å²) in [5.74, 6) is -2.64. The molecule has 0 aromatic carbocycles. The van der Waals surface area contributed by atoms with E-state index >= 15 is 0 Å². The number of carboxylic acid groups (broad SMARTS) is 1. The molecule has 3 heterocycles. The Morgan fingerprint density at radius 2 is 2.10 bits per heavy atom. The van der Waals surface area contributed by atoms with E-state index in [9.17, 15) is 18.0 Å². The lowest BCUT2D eigenvalue weighted by atomic mass is 10.1. The number of ether oxygens (including phenoxy) is 2. The number of carbonyl (C=O) groups excluding carboxylic acids is 1. The average molecular weight is 458 g/mol. The topological polar surface area (TPSA) is 89.0 Å². The molecular formula is C20H21F3N2O5S. The highest BCUT2D eigenvalue weighted by atomic mass is 32.1. The number of aliphatic carboxylic acids is 1. The molecule has 0 bridgehead atoms. The highest BCUT2D eigenvalue weighted by Gasteiger charge is 2.45. The number of amides is 1. The zero-order chi connectivity index (χ0) is 22.4. The normalized spacial score (nSPS) is 22.9. The van der Waals surface area contributed by atoms with Crippen LogP contribution in [0, 0.1) is 0 Å². The molecule has 168 valence electrons. The summed E-state index contributed by atoms with van der Waals surface area (Å²) < 4.78 is 43.8. The van der Waals surface area contributed by atoms with Crippen LogP contribution in [0.1, 0.15) is 28.8 Å². The smallest absolute Gasteiger partial charge is 0.475 e. The van der Waals surface area contributed by atoms with Crippen LogP contribution in [-0.2, 0) is 20.9 Å². The molecule has 2 aliphatic rings. The van der Waals surface area contributed by atoms with E-state index in [4.69, 9.17) is 19.4 Å². The molecule has 31 heavy (non-hydrogen) atoms. The first kappa shape index (κ1) is 23.2. The number of hydrogen-bond acceptors (Lipinski definition) is 6. The lowest BCUT2D eigenvalue weighted by Gasteiger charge is -2.39. The van der Waals surface area contributed by atoms with Crippen LogP contribution in [0.4, 0.5) is 13.2 Å². The number of morpholine rings is 1. The van der Waals surface area contributed by atoms with Crippen molar-refractivity contribution in [3.8, 4) is 0 Å². The molecule has 7 nitrogen and oxygen atoms in total. The van der Waals surface area contributed by atoms with Crippen molar-refractivity contribution in [2.45, 2.75) is 43.9 Å². The van der Waals surface area contributed by atoms with E-state index in [2.05, 4.69) is 4.98 Å². The molecule has 1 saturated carbocycles. The maximum Gasteiger partial charge on any atom is 0.490 e. The number of rotatable bonds is 4. The first-order chi connectivity index (χ1) is 14.8. The number of carboxylic acids is 1. The molecular weight excluding hydrogens is 437 g/mol. The molecule has 2 aromatic rings. The molecule has 1 aliphatic carbocycles. The third-order valence-electron chi connectivity index (χ3n) is 4.99. The number of carbonyl (C=O) groups is 2. The molecule has 1 amide bonds. The molecule has 1 N–H and O–H groups in total. The zero-order valence-electron chi connectivity index (χ0n) is 16.3. The van der Waals surface area contributed by atoms with Crippen molar-refractivity contribution in [2.24, 2.45) is 0 Å². The summed E-state index contributed by atoms with van der Waals surface area (Å²) in [4.78, 5) is 27.7. The highest BCUT2D eigenvalue weighted by Crippen LogP contribution is 2.33.